The van der Waals surface area contributed by atoms with Crippen LogP contribution >= 0.6 is 0 Å². The summed E-state index contributed by atoms with van der Waals surface area (Å²) in [7, 11) is 0. The summed E-state index contributed by atoms with van der Waals surface area (Å²) >= 11 is 0. The van der Waals surface area contributed by atoms with Crippen molar-refractivity contribution in [1.29, 1.82) is 0 Å². The standard InChI is InChI=1S/C5H8.Na/c1-4-5(2)3;/h4H,1-2H2,3H3;. The number of hydrogen-bond acceptors (Lipinski definition) is 0. The van der Waals surface area contributed by atoms with Crippen molar-refractivity contribution in [2.45, 2.75) is 6.92 Å². The van der Waals surface area contributed by atoms with Crippen LogP contribution in [0.5, 0.6) is 0 Å². The summed E-state index contributed by atoms with van der Waals surface area (Å²) in [5, 5.41) is 0. The monoisotopic (exact) mass is 91.1 g/mol. The molecule has 0 aliphatic carbocycles. The molecule has 1 heteroatoms. The minimum atomic E-state index is 0. The molecule has 0 aromatic rings. The maximum absolute atomic E-state index is 3.56. The maximum atomic E-state index is 3.56. The molecule has 29 valence electrons. The molecule has 0 saturated carbocycles. The fourth-order valence-corrected chi connectivity index (χ4v) is 0. The van der Waals surface area contributed by atoms with Crippen LogP contribution in [0.25, 0.3) is 0 Å². The molecule has 0 saturated heterocycles. The van der Waals surface area contributed by atoms with E-state index in [0.717, 1.165) is 5.57 Å². The number of hydrogen-bond donors (Lipinski definition) is 0. The van der Waals surface area contributed by atoms with Gasteiger partial charge in [-0.2, -0.15) is 0 Å². The number of allylic oxidation sites excluding steroid dienone is 2. The molecule has 6 heavy (non-hydrogen) atoms. The van der Waals surface area contributed by atoms with E-state index < -0.39 is 0 Å². The van der Waals surface area contributed by atoms with Gasteiger partial charge in [0.1, 0.15) is 0 Å². The van der Waals surface area contributed by atoms with Gasteiger partial charge in [0.05, 0.1) is 0 Å². The van der Waals surface area contributed by atoms with Gasteiger partial charge in [-0.3, -0.25) is 0 Å². The first-order valence-electron chi connectivity index (χ1n) is 1.55. The van der Waals surface area contributed by atoms with Crippen LogP contribution in [-0.4, -0.2) is 29.6 Å². The molecule has 0 aliphatic heterocycles. The van der Waals surface area contributed by atoms with E-state index in [-0.39, 0.29) is 29.6 Å². The van der Waals surface area contributed by atoms with Gasteiger partial charge in [-0.25, -0.2) is 0 Å². The Labute approximate surface area is 61.2 Å². The molecule has 0 amide bonds. The molecule has 0 rings (SSSR count). The van der Waals surface area contributed by atoms with Crippen molar-refractivity contribution in [1.82, 2.24) is 0 Å². The minimum absolute atomic E-state index is 0. The summed E-state index contributed by atoms with van der Waals surface area (Å²) in [5.74, 6) is 0. The average molecular weight is 91.1 g/mol. The molecule has 0 nitrogen and oxygen atoms in total. The topological polar surface area (TPSA) is 0 Å². The van der Waals surface area contributed by atoms with Gasteiger partial charge in [0, 0.05) is 29.6 Å². The fourth-order valence-electron chi connectivity index (χ4n) is 0. The quantitative estimate of drug-likeness (QED) is 0.337. The molecule has 0 heterocycles. The summed E-state index contributed by atoms with van der Waals surface area (Å²) in [6, 6.07) is 0. The summed E-state index contributed by atoms with van der Waals surface area (Å²) < 4.78 is 0. The van der Waals surface area contributed by atoms with Crippen LogP contribution in [0, 0.1) is 0 Å². The third-order valence-electron chi connectivity index (χ3n) is 0.348. The van der Waals surface area contributed by atoms with Gasteiger partial charge in [0.2, 0.25) is 0 Å². The Kier molecular flexibility index (Phi) is 8.86. The first-order chi connectivity index (χ1) is 2.27. The summed E-state index contributed by atoms with van der Waals surface area (Å²) in [6.07, 6.45) is 1.72. The molecular formula is C5H8Na. The second-order valence-corrected chi connectivity index (χ2v) is 1.05. The molecule has 0 fully saturated rings. The Balaban J connectivity index is 0. The summed E-state index contributed by atoms with van der Waals surface area (Å²) in [4.78, 5) is 0. The second kappa shape index (κ2) is 5.48. The van der Waals surface area contributed by atoms with E-state index in [1.807, 2.05) is 6.92 Å². The molecule has 0 unspecified atom stereocenters. The maximum Gasteiger partial charge on any atom is 0 e. The van der Waals surface area contributed by atoms with Crippen LogP contribution in [0.3, 0.4) is 0 Å². The van der Waals surface area contributed by atoms with Crippen molar-refractivity contribution in [2.75, 3.05) is 0 Å². The molecule has 0 aliphatic rings. The molecule has 0 bridgehead atoms. The van der Waals surface area contributed by atoms with E-state index in [4.69, 9.17) is 0 Å². The van der Waals surface area contributed by atoms with Crippen LogP contribution in [0.4, 0.5) is 0 Å². The molecule has 1 radical (unpaired) electrons. The molecule has 0 aromatic heterocycles. The Hall–Kier alpha value is 0.480. The predicted molar refractivity (Wildman–Crippen MR) is 30.8 cm³/mol. The zero-order valence-corrected chi connectivity index (χ0v) is 6.49. The van der Waals surface area contributed by atoms with E-state index in [0.29, 0.717) is 0 Å². The SMILES string of the molecule is C=CC(=C)C.[Na]. The zero-order chi connectivity index (χ0) is 4.28. The van der Waals surface area contributed by atoms with Crippen LogP contribution in [-0.2, 0) is 0 Å². The molecule has 0 N–H and O–H groups in total. The van der Waals surface area contributed by atoms with Crippen LogP contribution in [0.2, 0.25) is 0 Å². The van der Waals surface area contributed by atoms with Crippen molar-refractivity contribution >= 4 is 29.6 Å². The Morgan fingerprint density at radius 2 is 1.83 bits per heavy atom. The van der Waals surface area contributed by atoms with Crippen molar-refractivity contribution in [3.63, 3.8) is 0 Å². The van der Waals surface area contributed by atoms with E-state index >= 15 is 0 Å². The van der Waals surface area contributed by atoms with Gasteiger partial charge >= 0.3 is 0 Å². The van der Waals surface area contributed by atoms with E-state index in [1.165, 1.54) is 0 Å². The van der Waals surface area contributed by atoms with Crippen LogP contribution < -0.4 is 0 Å². The molecule has 0 spiro atoms. The summed E-state index contributed by atoms with van der Waals surface area (Å²) in [6.45, 7) is 8.93. The molecule has 0 aromatic carbocycles. The molecule has 0 atom stereocenters. The van der Waals surface area contributed by atoms with Crippen LogP contribution in [0.15, 0.2) is 24.8 Å². The predicted octanol–water partition coefficient (Wildman–Crippen LogP) is 1.37. The second-order valence-electron chi connectivity index (χ2n) is 1.05. The average Bonchev–Trinajstić information content (AvgIpc) is 1.38. The smallest absolute Gasteiger partial charge is 0 e. The van der Waals surface area contributed by atoms with E-state index in [9.17, 15) is 0 Å². The third kappa shape index (κ3) is 8.82. The van der Waals surface area contributed by atoms with E-state index in [1.54, 1.807) is 6.08 Å². The molecular weight excluding hydrogens is 83.0 g/mol. The van der Waals surface area contributed by atoms with Gasteiger partial charge in [-0.05, 0) is 6.92 Å². The van der Waals surface area contributed by atoms with Crippen LogP contribution in [0.1, 0.15) is 6.92 Å². The Morgan fingerprint density at radius 3 is 1.83 bits per heavy atom. The van der Waals surface area contributed by atoms with Gasteiger partial charge in [-0.1, -0.05) is 24.8 Å². The fraction of sp³-hybridized carbons (Fsp3) is 0.200. The van der Waals surface area contributed by atoms with Crippen molar-refractivity contribution < 1.29 is 0 Å². The van der Waals surface area contributed by atoms with Gasteiger partial charge in [0.25, 0.3) is 0 Å². The first kappa shape index (κ1) is 9.70. The van der Waals surface area contributed by atoms with Gasteiger partial charge in [0.15, 0.2) is 0 Å². The first-order valence-corrected chi connectivity index (χ1v) is 1.55. The Morgan fingerprint density at radius 1 is 1.67 bits per heavy atom. The van der Waals surface area contributed by atoms with Gasteiger partial charge < -0.3 is 0 Å². The number of rotatable bonds is 1. The third-order valence-corrected chi connectivity index (χ3v) is 0.348. The normalized spacial score (nSPS) is 5.50. The zero-order valence-electron chi connectivity index (χ0n) is 4.49. The van der Waals surface area contributed by atoms with E-state index in [2.05, 4.69) is 13.2 Å². The Bertz CT molecular complexity index is 55.0. The van der Waals surface area contributed by atoms with Crippen molar-refractivity contribution in [2.24, 2.45) is 0 Å². The van der Waals surface area contributed by atoms with Gasteiger partial charge in [-0.15, -0.1) is 0 Å². The largest absolute Gasteiger partial charge is 0.0988 e. The van der Waals surface area contributed by atoms with Crippen molar-refractivity contribution in [3.05, 3.63) is 24.8 Å². The van der Waals surface area contributed by atoms with Crippen molar-refractivity contribution in [3.8, 4) is 0 Å². The summed E-state index contributed by atoms with van der Waals surface area (Å²) in [5.41, 5.74) is 1.02. The minimum Gasteiger partial charge on any atom is -0.0988 e.